The highest BCUT2D eigenvalue weighted by Crippen LogP contribution is 2.32. The van der Waals surface area contributed by atoms with Gasteiger partial charge in [-0.05, 0) is 61.4 Å². The summed E-state index contributed by atoms with van der Waals surface area (Å²) in [6, 6.07) is 13.9. The van der Waals surface area contributed by atoms with Gasteiger partial charge in [0, 0.05) is 28.9 Å². The molecule has 0 saturated carbocycles. The summed E-state index contributed by atoms with van der Waals surface area (Å²) in [5.41, 5.74) is 4.95. The number of aryl methyl sites for hydroxylation is 1. The Morgan fingerprint density at radius 1 is 1.00 bits per heavy atom. The molecule has 0 atom stereocenters. The van der Waals surface area contributed by atoms with Crippen molar-refractivity contribution in [1.29, 1.82) is 0 Å². The Labute approximate surface area is 200 Å². The first-order chi connectivity index (χ1) is 16.4. The predicted octanol–water partition coefficient (Wildman–Crippen LogP) is 4.55. The molecule has 0 saturated heterocycles. The molecule has 0 spiro atoms. The highest BCUT2D eigenvalue weighted by Gasteiger charge is 2.37. The fourth-order valence-corrected chi connectivity index (χ4v) is 4.69. The van der Waals surface area contributed by atoms with Gasteiger partial charge < -0.3 is 5.32 Å². The largest absolute Gasteiger partial charge is 0.346 e. The summed E-state index contributed by atoms with van der Waals surface area (Å²) in [4.78, 5) is 48.6. The van der Waals surface area contributed by atoms with Gasteiger partial charge in [0.05, 0.1) is 29.1 Å². The van der Waals surface area contributed by atoms with Gasteiger partial charge >= 0.3 is 0 Å². The van der Waals surface area contributed by atoms with E-state index in [0.717, 1.165) is 27.4 Å². The lowest BCUT2D eigenvalue weighted by molar-refractivity contribution is 0.0923. The van der Waals surface area contributed by atoms with Crippen LogP contribution in [0.4, 0.5) is 5.69 Å². The third kappa shape index (κ3) is 3.78. The molecule has 2 aromatic heterocycles. The van der Waals surface area contributed by atoms with Gasteiger partial charge in [0.2, 0.25) is 0 Å². The number of amides is 3. The molecule has 0 unspecified atom stereocenters. The molecule has 3 heterocycles. The second-order valence-corrected chi connectivity index (χ2v) is 8.85. The lowest BCUT2D eigenvalue weighted by Crippen LogP contribution is -2.30. The zero-order valence-electron chi connectivity index (χ0n) is 18.5. The molecule has 0 fully saturated rings. The van der Waals surface area contributed by atoms with Gasteiger partial charge in [-0.1, -0.05) is 12.1 Å². The van der Waals surface area contributed by atoms with Gasteiger partial charge in [0.25, 0.3) is 17.7 Å². The van der Waals surface area contributed by atoms with Crippen LogP contribution in [0.3, 0.4) is 0 Å². The zero-order valence-corrected chi connectivity index (χ0v) is 19.3. The number of rotatable bonds is 5. The number of fused-ring (bicyclic) bond motifs is 1. The summed E-state index contributed by atoms with van der Waals surface area (Å²) in [6.45, 7) is 4.06. The standard InChI is InChI=1S/C26H20N4O3S/c1-15-4-3-5-22(16(15)2)30-25(32)20-7-6-18(12-21(20)26(30)33)23(31)28-13-19-14-34-24(29-19)17-8-10-27-11-9-17/h3-12,14H,13H2,1-2H3,(H,28,31). The van der Waals surface area contributed by atoms with Crippen molar-refractivity contribution in [3.05, 3.63) is 99.8 Å². The van der Waals surface area contributed by atoms with Gasteiger partial charge in [0.1, 0.15) is 5.01 Å². The Kier molecular flexibility index (Phi) is 5.51. The van der Waals surface area contributed by atoms with E-state index in [4.69, 9.17) is 0 Å². The van der Waals surface area contributed by atoms with E-state index in [9.17, 15) is 14.4 Å². The first-order valence-electron chi connectivity index (χ1n) is 10.7. The van der Waals surface area contributed by atoms with E-state index in [1.807, 2.05) is 43.5 Å². The number of nitrogens with one attached hydrogen (secondary N) is 1. The lowest BCUT2D eigenvalue weighted by atomic mass is 10.1. The highest BCUT2D eigenvalue weighted by atomic mass is 32.1. The van der Waals surface area contributed by atoms with E-state index >= 15 is 0 Å². The van der Waals surface area contributed by atoms with Crippen molar-refractivity contribution < 1.29 is 14.4 Å². The molecule has 4 aromatic rings. The van der Waals surface area contributed by atoms with Crippen molar-refractivity contribution in [1.82, 2.24) is 15.3 Å². The summed E-state index contributed by atoms with van der Waals surface area (Å²) in [6.07, 6.45) is 3.42. The molecule has 0 radical (unpaired) electrons. The van der Waals surface area contributed by atoms with Crippen LogP contribution in [0.5, 0.6) is 0 Å². The number of benzene rings is 2. The Morgan fingerprint density at radius 3 is 2.56 bits per heavy atom. The minimum atomic E-state index is -0.426. The van der Waals surface area contributed by atoms with E-state index in [1.54, 1.807) is 30.6 Å². The van der Waals surface area contributed by atoms with Gasteiger partial charge in [-0.3, -0.25) is 19.4 Å². The maximum absolute atomic E-state index is 13.1. The molecule has 168 valence electrons. The molecule has 8 heteroatoms. The van der Waals surface area contributed by atoms with Crippen LogP contribution < -0.4 is 10.2 Å². The number of pyridine rings is 1. The Balaban J connectivity index is 1.33. The summed E-state index contributed by atoms with van der Waals surface area (Å²) in [5.74, 6) is -1.15. The number of hydrogen-bond donors (Lipinski definition) is 1. The second-order valence-electron chi connectivity index (χ2n) is 7.99. The van der Waals surface area contributed by atoms with Crippen molar-refractivity contribution in [3.8, 4) is 10.6 Å². The van der Waals surface area contributed by atoms with Crippen LogP contribution in [0.15, 0.2) is 66.3 Å². The van der Waals surface area contributed by atoms with Gasteiger partial charge in [-0.2, -0.15) is 0 Å². The number of nitrogens with zero attached hydrogens (tertiary/aromatic N) is 3. The molecule has 3 amide bonds. The van der Waals surface area contributed by atoms with Gasteiger partial charge in [0.15, 0.2) is 0 Å². The lowest BCUT2D eigenvalue weighted by Gasteiger charge is -2.17. The van der Waals surface area contributed by atoms with Gasteiger partial charge in [-0.25, -0.2) is 9.88 Å². The van der Waals surface area contributed by atoms with Crippen LogP contribution in [0.25, 0.3) is 10.6 Å². The Bertz CT molecular complexity index is 1450. The van der Waals surface area contributed by atoms with E-state index in [1.165, 1.54) is 22.3 Å². The zero-order chi connectivity index (χ0) is 23.8. The van der Waals surface area contributed by atoms with Crippen molar-refractivity contribution in [2.45, 2.75) is 20.4 Å². The molecule has 1 aliphatic rings. The number of carbonyl (C=O) groups is 3. The van der Waals surface area contributed by atoms with E-state index < -0.39 is 5.91 Å². The molecule has 0 bridgehead atoms. The average molecular weight is 469 g/mol. The molecule has 5 rings (SSSR count). The Morgan fingerprint density at radius 2 is 1.76 bits per heavy atom. The first-order valence-corrected chi connectivity index (χ1v) is 11.5. The van der Waals surface area contributed by atoms with Crippen molar-refractivity contribution in [2.24, 2.45) is 0 Å². The number of anilines is 1. The number of thiazole rings is 1. The van der Waals surface area contributed by atoms with Crippen molar-refractivity contribution in [2.75, 3.05) is 4.90 Å². The minimum absolute atomic E-state index is 0.229. The fraction of sp³-hybridized carbons (Fsp3) is 0.115. The number of imide groups is 1. The topological polar surface area (TPSA) is 92.3 Å². The number of carbonyl (C=O) groups excluding carboxylic acids is 3. The van der Waals surface area contributed by atoms with Crippen LogP contribution >= 0.6 is 11.3 Å². The van der Waals surface area contributed by atoms with Gasteiger partial charge in [-0.15, -0.1) is 11.3 Å². The molecule has 2 aromatic carbocycles. The average Bonchev–Trinajstić information content (AvgIpc) is 3.43. The third-order valence-corrected chi connectivity index (χ3v) is 6.81. The van der Waals surface area contributed by atoms with Crippen molar-refractivity contribution in [3.63, 3.8) is 0 Å². The third-order valence-electron chi connectivity index (χ3n) is 5.87. The molecular formula is C26H20N4O3S. The normalized spacial score (nSPS) is 12.7. The van der Waals surface area contributed by atoms with E-state index in [0.29, 0.717) is 16.8 Å². The van der Waals surface area contributed by atoms with Crippen molar-refractivity contribution >= 4 is 34.7 Å². The van der Waals surface area contributed by atoms with Crippen LogP contribution in [-0.2, 0) is 6.54 Å². The van der Waals surface area contributed by atoms with Crippen LogP contribution in [-0.4, -0.2) is 27.7 Å². The summed E-state index contributed by atoms with van der Waals surface area (Å²) >= 11 is 1.49. The molecule has 34 heavy (non-hydrogen) atoms. The molecule has 1 N–H and O–H groups in total. The van der Waals surface area contributed by atoms with E-state index in [2.05, 4.69) is 15.3 Å². The Hall–Kier alpha value is -4.17. The maximum atomic E-state index is 13.1. The summed E-state index contributed by atoms with van der Waals surface area (Å²) in [7, 11) is 0. The van der Waals surface area contributed by atoms with Crippen LogP contribution in [0.2, 0.25) is 0 Å². The minimum Gasteiger partial charge on any atom is -0.346 e. The first kappa shape index (κ1) is 21.7. The van der Waals surface area contributed by atoms with Crippen LogP contribution in [0, 0.1) is 13.8 Å². The molecule has 7 nitrogen and oxygen atoms in total. The summed E-state index contributed by atoms with van der Waals surface area (Å²) in [5, 5.41) is 5.58. The predicted molar refractivity (Wildman–Crippen MR) is 130 cm³/mol. The molecule has 1 aliphatic heterocycles. The molecular weight excluding hydrogens is 448 g/mol. The maximum Gasteiger partial charge on any atom is 0.266 e. The van der Waals surface area contributed by atoms with Crippen LogP contribution in [0.1, 0.15) is 47.9 Å². The van der Waals surface area contributed by atoms with E-state index in [-0.39, 0.29) is 23.9 Å². The second kappa shape index (κ2) is 8.64. The molecule has 0 aliphatic carbocycles. The highest BCUT2D eigenvalue weighted by molar-refractivity contribution is 7.13. The quantitative estimate of drug-likeness (QED) is 0.434. The smallest absolute Gasteiger partial charge is 0.266 e. The number of hydrogen-bond acceptors (Lipinski definition) is 6. The fourth-order valence-electron chi connectivity index (χ4n) is 3.87. The summed E-state index contributed by atoms with van der Waals surface area (Å²) < 4.78 is 0. The number of aromatic nitrogens is 2. The monoisotopic (exact) mass is 468 g/mol. The SMILES string of the molecule is Cc1cccc(N2C(=O)c3ccc(C(=O)NCc4csc(-c5ccncc5)n4)cc3C2=O)c1C.